The first-order valence-electron chi connectivity index (χ1n) is 12.3. The summed E-state index contributed by atoms with van der Waals surface area (Å²) in [7, 11) is 0. The highest BCUT2D eigenvalue weighted by atomic mass is 16.5. The molecule has 7 nitrogen and oxygen atoms in total. The number of hydrogen-bond donors (Lipinski definition) is 1. The number of fused-ring (bicyclic) bond motifs is 6. The number of ether oxygens (including phenoxy) is 1. The minimum Gasteiger partial charge on any atom is -0.494 e. The van der Waals surface area contributed by atoms with Crippen molar-refractivity contribution in [3.05, 3.63) is 59.7 Å². The fourth-order valence-electron chi connectivity index (χ4n) is 5.93. The number of carbonyl (C=O) groups excluding carboxylic acids is 3. The Labute approximate surface area is 199 Å². The fourth-order valence-corrected chi connectivity index (χ4v) is 5.93. The van der Waals surface area contributed by atoms with Gasteiger partial charge in [0.1, 0.15) is 17.7 Å². The van der Waals surface area contributed by atoms with Gasteiger partial charge in [-0.25, -0.2) is 0 Å². The molecule has 34 heavy (non-hydrogen) atoms. The largest absolute Gasteiger partial charge is 0.494 e. The van der Waals surface area contributed by atoms with Crippen molar-refractivity contribution < 1.29 is 19.1 Å². The molecule has 176 valence electrons. The van der Waals surface area contributed by atoms with E-state index < -0.39 is 11.5 Å². The second kappa shape index (κ2) is 8.15. The fraction of sp³-hybridized carbons (Fsp3) is 0.444. The topological polar surface area (TPSA) is 79.0 Å². The third-order valence-electron chi connectivity index (χ3n) is 7.70. The van der Waals surface area contributed by atoms with Crippen molar-refractivity contribution in [3.8, 4) is 5.75 Å². The van der Waals surface area contributed by atoms with Crippen molar-refractivity contribution in [1.82, 2.24) is 10.2 Å². The van der Waals surface area contributed by atoms with E-state index in [0.717, 1.165) is 29.7 Å². The van der Waals surface area contributed by atoms with Gasteiger partial charge in [-0.05, 0) is 60.9 Å². The number of anilines is 1. The van der Waals surface area contributed by atoms with Gasteiger partial charge in [-0.3, -0.25) is 14.4 Å². The van der Waals surface area contributed by atoms with E-state index in [9.17, 15) is 14.4 Å². The second-order valence-electron chi connectivity index (χ2n) is 9.89. The first-order chi connectivity index (χ1) is 16.6. The summed E-state index contributed by atoms with van der Waals surface area (Å²) in [5.41, 5.74) is 1.66. The first kappa shape index (κ1) is 21.2. The molecule has 4 aliphatic rings. The van der Waals surface area contributed by atoms with Crippen LogP contribution in [0.15, 0.2) is 48.5 Å². The smallest absolute Gasteiger partial charge is 0.240 e. The molecule has 3 aliphatic heterocycles. The van der Waals surface area contributed by atoms with Crippen molar-refractivity contribution >= 4 is 23.4 Å². The van der Waals surface area contributed by atoms with Crippen molar-refractivity contribution in [2.45, 2.75) is 43.6 Å². The molecule has 3 amide bonds. The molecule has 2 aromatic rings. The summed E-state index contributed by atoms with van der Waals surface area (Å²) in [6, 6.07) is 15.1. The Hall–Kier alpha value is -3.35. The molecule has 3 heterocycles. The molecule has 1 aliphatic carbocycles. The molecule has 0 radical (unpaired) electrons. The zero-order valence-electron chi connectivity index (χ0n) is 19.2. The Morgan fingerprint density at radius 2 is 1.97 bits per heavy atom. The SMILES string of the molecule is O=C1CN2C(=O)[C@]3(CCN(C(=O)CC4CC4)[C@H]3c3cccc(c3)OCCCN1)c1ccccc12. The van der Waals surface area contributed by atoms with Crippen LogP contribution in [0.2, 0.25) is 0 Å². The van der Waals surface area contributed by atoms with Crippen molar-refractivity contribution in [2.75, 3.05) is 31.1 Å². The number of benzene rings is 2. The van der Waals surface area contributed by atoms with Crippen LogP contribution in [0.3, 0.4) is 0 Å². The predicted molar refractivity (Wildman–Crippen MR) is 126 cm³/mol. The van der Waals surface area contributed by atoms with Gasteiger partial charge in [0, 0.05) is 25.2 Å². The van der Waals surface area contributed by atoms with Gasteiger partial charge in [0.25, 0.3) is 0 Å². The van der Waals surface area contributed by atoms with Gasteiger partial charge < -0.3 is 19.9 Å². The number of hydrogen-bond acceptors (Lipinski definition) is 4. The van der Waals surface area contributed by atoms with Crippen LogP contribution in [0, 0.1) is 5.92 Å². The molecule has 0 aromatic heterocycles. The van der Waals surface area contributed by atoms with Crippen molar-refractivity contribution in [1.29, 1.82) is 0 Å². The van der Waals surface area contributed by atoms with Crippen LogP contribution in [-0.4, -0.2) is 48.9 Å². The normalized spacial score (nSPS) is 26.3. The van der Waals surface area contributed by atoms with E-state index in [1.807, 2.05) is 53.4 Å². The van der Waals surface area contributed by atoms with Crippen LogP contribution in [0.1, 0.15) is 49.3 Å². The monoisotopic (exact) mass is 459 g/mol. The molecule has 6 rings (SSSR count). The van der Waals surface area contributed by atoms with E-state index in [2.05, 4.69) is 5.32 Å². The lowest BCUT2D eigenvalue weighted by Gasteiger charge is -2.35. The maximum absolute atomic E-state index is 14.3. The number of nitrogens with zero attached hydrogens (tertiary/aromatic N) is 2. The Bertz CT molecular complexity index is 1160. The molecule has 2 aromatic carbocycles. The van der Waals surface area contributed by atoms with Crippen molar-refractivity contribution in [2.24, 2.45) is 5.92 Å². The zero-order valence-corrected chi connectivity index (χ0v) is 19.2. The quantitative estimate of drug-likeness (QED) is 0.749. The molecule has 1 N–H and O–H groups in total. The molecular formula is C27H29N3O4. The van der Waals surface area contributed by atoms with Crippen LogP contribution >= 0.6 is 0 Å². The zero-order chi connectivity index (χ0) is 23.3. The Morgan fingerprint density at radius 3 is 2.82 bits per heavy atom. The lowest BCUT2D eigenvalue weighted by atomic mass is 9.72. The molecular weight excluding hydrogens is 430 g/mol. The average molecular weight is 460 g/mol. The van der Waals surface area contributed by atoms with E-state index in [0.29, 0.717) is 50.6 Å². The third kappa shape index (κ3) is 3.37. The number of amides is 3. The van der Waals surface area contributed by atoms with Crippen LogP contribution in [0.5, 0.6) is 5.75 Å². The van der Waals surface area contributed by atoms with E-state index in [1.54, 1.807) is 4.90 Å². The van der Waals surface area contributed by atoms with Crippen molar-refractivity contribution in [3.63, 3.8) is 0 Å². The summed E-state index contributed by atoms with van der Waals surface area (Å²) in [5, 5.41) is 2.91. The Morgan fingerprint density at radius 1 is 1.12 bits per heavy atom. The summed E-state index contributed by atoms with van der Waals surface area (Å²) in [6.45, 7) is 1.45. The molecule has 4 bridgehead atoms. The minimum atomic E-state index is -0.918. The predicted octanol–water partition coefficient (Wildman–Crippen LogP) is 2.94. The molecule has 2 atom stereocenters. The molecule has 0 unspecified atom stereocenters. The van der Waals surface area contributed by atoms with E-state index in [-0.39, 0.29) is 24.3 Å². The summed E-state index contributed by atoms with van der Waals surface area (Å²) in [6.07, 6.45) is 3.93. The van der Waals surface area contributed by atoms with Crippen LogP contribution in [0.25, 0.3) is 0 Å². The summed E-state index contributed by atoms with van der Waals surface area (Å²) in [4.78, 5) is 44.0. The number of carbonyl (C=O) groups is 3. The minimum absolute atomic E-state index is 0.0266. The Balaban J connectivity index is 1.52. The summed E-state index contributed by atoms with van der Waals surface area (Å²) in [5.74, 6) is 1.00. The van der Waals surface area contributed by atoms with Gasteiger partial charge in [-0.15, -0.1) is 0 Å². The van der Waals surface area contributed by atoms with Gasteiger partial charge >= 0.3 is 0 Å². The molecule has 1 saturated heterocycles. The first-order valence-corrected chi connectivity index (χ1v) is 12.3. The van der Waals surface area contributed by atoms with Crippen LogP contribution < -0.4 is 15.0 Å². The van der Waals surface area contributed by atoms with E-state index in [1.165, 1.54) is 0 Å². The van der Waals surface area contributed by atoms with E-state index in [4.69, 9.17) is 4.74 Å². The summed E-state index contributed by atoms with van der Waals surface area (Å²) < 4.78 is 5.97. The number of nitrogens with one attached hydrogen (secondary N) is 1. The van der Waals surface area contributed by atoms with Gasteiger partial charge in [0.05, 0.1) is 12.6 Å². The van der Waals surface area contributed by atoms with Gasteiger partial charge in [-0.2, -0.15) is 0 Å². The highest BCUT2D eigenvalue weighted by Gasteiger charge is 2.61. The second-order valence-corrected chi connectivity index (χ2v) is 9.89. The van der Waals surface area contributed by atoms with Crippen LogP contribution in [-0.2, 0) is 19.8 Å². The number of rotatable bonds is 2. The lowest BCUT2D eigenvalue weighted by Crippen LogP contribution is -2.48. The van der Waals surface area contributed by atoms with Gasteiger partial charge in [-0.1, -0.05) is 30.3 Å². The number of para-hydroxylation sites is 1. The molecule has 1 spiro atoms. The highest BCUT2D eigenvalue weighted by molar-refractivity contribution is 6.12. The number of likely N-dealkylation sites (tertiary alicyclic amines) is 1. The lowest BCUT2D eigenvalue weighted by molar-refractivity contribution is -0.134. The third-order valence-corrected chi connectivity index (χ3v) is 7.70. The highest BCUT2D eigenvalue weighted by Crippen LogP contribution is 2.57. The standard InChI is InChI=1S/C27H29N3O4/c31-23-17-30-22-8-2-1-7-21(22)27(26(30)33)11-13-29(24(32)15-18-9-10-18)25(27)19-5-3-6-20(16-19)34-14-4-12-28-23/h1-3,5-8,16,18,25H,4,9-15,17H2,(H,28,31)/t25-,27+/m0/s1. The summed E-state index contributed by atoms with van der Waals surface area (Å²) >= 11 is 0. The molecule has 7 heteroatoms. The van der Waals surface area contributed by atoms with Gasteiger partial charge in [0.2, 0.25) is 17.7 Å². The maximum Gasteiger partial charge on any atom is 0.240 e. The average Bonchev–Trinajstić information content (AvgIpc) is 3.52. The maximum atomic E-state index is 14.3. The van der Waals surface area contributed by atoms with Crippen LogP contribution in [0.4, 0.5) is 5.69 Å². The molecule has 2 fully saturated rings. The van der Waals surface area contributed by atoms with Gasteiger partial charge in [0.15, 0.2) is 0 Å². The van der Waals surface area contributed by atoms with E-state index >= 15 is 0 Å². The Kier molecular flexibility index (Phi) is 5.08. The molecule has 1 saturated carbocycles.